The average molecular weight is 687 g/mol. The van der Waals surface area contributed by atoms with Gasteiger partial charge in [0, 0.05) is 29.6 Å². The van der Waals surface area contributed by atoms with Crippen molar-refractivity contribution < 1.29 is 18.0 Å². The van der Waals surface area contributed by atoms with Crippen LogP contribution in [-0.2, 0) is 32.6 Å². The zero-order chi connectivity index (χ0) is 32.6. The highest BCUT2D eigenvalue weighted by atomic mass is 35.5. The van der Waals surface area contributed by atoms with Gasteiger partial charge in [0.25, 0.3) is 10.0 Å². The van der Waals surface area contributed by atoms with Gasteiger partial charge in [0.1, 0.15) is 12.6 Å². The molecular weight excluding hydrogens is 653 g/mol. The first-order valence-corrected chi connectivity index (χ1v) is 17.0. The number of hydrogen-bond acceptors (Lipinski definition) is 4. The van der Waals surface area contributed by atoms with E-state index in [-0.39, 0.29) is 39.5 Å². The molecule has 0 aromatic heterocycles. The second-order valence-corrected chi connectivity index (χ2v) is 13.7. The average Bonchev–Trinajstić information content (AvgIpc) is 3.03. The maximum absolute atomic E-state index is 14.5. The van der Waals surface area contributed by atoms with E-state index in [9.17, 15) is 18.0 Å². The molecule has 0 bridgehead atoms. The van der Waals surface area contributed by atoms with Crippen molar-refractivity contribution in [3.8, 4) is 0 Å². The highest BCUT2D eigenvalue weighted by Crippen LogP contribution is 2.33. The monoisotopic (exact) mass is 685 g/mol. The van der Waals surface area contributed by atoms with Crippen LogP contribution in [0, 0.1) is 6.92 Å². The Kier molecular flexibility index (Phi) is 11.9. The predicted octanol–water partition coefficient (Wildman–Crippen LogP) is 7.32. The first kappa shape index (κ1) is 34.3. The van der Waals surface area contributed by atoms with E-state index in [1.807, 2.05) is 44.2 Å². The van der Waals surface area contributed by atoms with E-state index in [4.69, 9.17) is 34.8 Å². The molecule has 45 heavy (non-hydrogen) atoms. The number of benzene rings is 4. The largest absolute Gasteiger partial charge is 0.354 e. The zero-order valence-corrected chi connectivity index (χ0v) is 28.0. The number of aryl methyl sites for hydroxylation is 1. The number of carbonyl (C=O) groups is 2. The van der Waals surface area contributed by atoms with Gasteiger partial charge in [-0.05, 0) is 66.9 Å². The Morgan fingerprint density at radius 2 is 1.47 bits per heavy atom. The van der Waals surface area contributed by atoms with E-state index in [2.05, 4.69) is 5.32 Å². The number of anilines is 1. The third kappa shape index (κ3) is 9.01. The molecule has 1 atom stereocenters. The second kappa shape index (κ2) is 15.6. The number of sulfonamides is 1. The van der Waals surface area contributed by atoms with Gasteiger partial charge in [0.2, 0.25) is 11.8 Å². The minimum absolute atomic E-state index is 0.0226. The molecule has 0 spiro atoms. The van der Waals surface area contributed by atoms with Crippen LogP contribution in [0.2, 0.25) is 15.1 Å². The van der Waals surface area contributed by atoms with Crippen LogP contribution in [0.5, 0.6) is 0 Å². The fourth-order valence-corrected chi connectivity index (χ4v) is 6.72. The van der Waals surface area contributed by atoms with Crippen LogP contribution in [0.1, 0.15) is 30.0 Å². The normalized spacial score (nSPS) is 11.9. The fourth-order valence-electron chi connectivity index (χ4n) is 4.73. The van der Waals surface area contributed by atoms with E-state index in [0.29, 0.717) is 23.6 Å². The lowest BCUT2D eigenvalue weighted by molar-refractivity contribution is -0.140. The predicted molar refractivity (Wildman–Crippen MR) is 181 cm³/mol. The van der Waals surface area contributed by atoms with Crippen LogP contribution in [0.4, 0.5) is 5.69 Å². The molecular formula is C34H34Cl3N3O4S. The van der Waals surface area contributed by atoms with E-state index < -0.39 is 28.5 Å². The molecule has 0 saturated heterocycles. The van der Waals surface area contributed by atoms with E-state index >= 15 is 0 Å². The molecule has 4 aromatic carbocycles. The number of nitrogens with zero attached hydrogens (tertiary/aromatic N) is 2. The van der Waals surface area contributed by atoms with Crippen molar-refractivity contribution in [2.45, 2.75) is 44.2 Å². The first-order valence-electron chi connectivity index (χ1n) is 14.4. The third-order valence-electron chi connectivity index (χ3n) is 7.15. The molecule has 4 rings (SSSR count). The molecule has 1 N–H and O–H groups in total. The van der Waals surface area contributed by atoms with Crippen molar-refractivity contribution in [2.75, 3.05) is 17.4 Å². The topological polar surface area (TPSA) is 86.8 Å². The summed E-state index contributed by atoms with van der Waals surface area (Å²) in [6.45, 7) is 3.58. The SMILES string of the molecule is CCCNC(=O)[C@H](Cc1ccccc1)N(Cc1ccc(Cl)cc1)C(=O)CN(c1cc(Cl)ccc1Cl)S(=O)(=O)c1ccc(C)cc1. The number of nitrogens with one attached hydrogen (secondary N) is 1. The summed E-state index contributed by atoms with van der Waals surface area (Å²) in [7, 11) is -4.31. The third-order valence-corrected chi connectivity index (χ3v) is 9.73. The van der Waals surface area contributed by atoms with Gasteiger partial charge in [-0.25, -0.2) is 8.42 Å². The lowest BCUT2D eigenvalue weighted by Gasteiger charge is -2.34. The molecule has 0 fully saturated rings. The Bertz CT molecular complexity index is 1720. The van der Waals surface area contributed by atoms with Gasteiger partial charge in [-0.1, -0.05) is 102 Å². The van der Waals surface area contributed by atoms with Gasteiger partial charge >= 0.3 is 0 Å². The Hall–Kier alpha value is -3.56. The summed E-state index contributed by atoms with van der Waals surface area (Å²) in [6, 6.07) is 26.0. The molecule has 0 aliphatic heterocycles. The number of hydrogen-bond donors (Lipinski definition) is 1. The van der Waals surface area contributed by atoms with Gasteiger partial charge in [0.15, 0.2) is 0 Å². The summed E-state index contributed by atoms with van der Waals surface area (Å²) in [5.74, 6) is -0.957. The summed E-state index contributed by atoms with van der Waals surface area (Å²) < 4.78 is 29.3. The molecule has 0 heterocycles. The molecule has 2 amide bonds. The Balaban J connectivity index is 1.82. The van der Waals surface area contributed by atoms with E-state index in [1.54, 1.807) is 36.4 Å². The quantitative estimate of drug-likeness (QED) is 0.160. The van der Waals surface area contributed by atoms with E-state index in [0.717, 1.165) is 15.4 Å². The number of rotatable bonds is 13. The first-order chi connectivity index (χ1) is 21.5. The fraction of sp³-hybridized carbons (Fsp3) is 0.235. The smallest absolute Gasteiger partial charge is 0.264 e. The summed E-state index contributed by atoms with van der Waals surface area (Å²) in [5, 5.41) is 3.77. The van der Waals surface area contributed by atoms with Crippen LogP contribution in [0.15, 0.2) is 102 Å². The van der Waals surface area contributed by atoms with Crippen LogP contribution in [0.3, 0.4) is 0 Å². The maximum atomic E-state index is 14.5. The number of amides is 2. The summed E-state index contributed by atoms with van der Waals surface area (Å²) in [6.07, 6.45) is 0.906. The van der Waals surface area contributed by atoms with Crippen LogP contribution in [-0.4, -0.2) is 44.3 Å². The molecule has 0 radical (unpaired) electrons. The van der Waals surface area contributed by atoms with Gasteiger partial charge in [-0.3, -0.25) is 13.9 Å². The lowest BCUT2D eigenvalue weighted by atomic mass is 10.0. The Morgan fingerprint density at radius 3 is 2.11 bits per heavy atom. The maximum Gasteiger partial charge on any atom is 0.264 e. The van der Waals surface area contributed by atoms with Crippen LogP contribution in [0.25, 0.3) is 0 Å². The molecule has 11 heteroatoms. The Morgan fingerprint density at radius 1 is 0.822 bits per heavy atom. The van der Waals surface area contributed by atoms with Crippen molar-refractivity contribution >= 4 is 62.3 Å². The van der Waals surface area contributed by atoms with Crippen molar-refractivity contribution in [3.63, 3.8) is 0 Å². The van der Waals surface area contributed by atoms with Crippen molar-refractivity contribution in [1.29, 1.82) is 0 Å². The molecule has 7 nitrogen and oxygen atoms in total. The second-order valence-electron chi connectivity index (χ2n) is 10.6. The molecule has 0 aliphatic carbocycles. The molecule has 0 saturated carbocycles. The van der Waals surface area contributed by atoms with Crippen molar-refractivity contribution in [1.82, 2.24) is 10.2 Å². The Labute approximate surface area is 279 Å². The molecule has 0 unspecified atom stereocenters. The molecule has 236 valence electrons. The van der Waals surface area contributed by atoms with Crippen molar-refractivity contribution in [3.05, 3.63) is 129 Å². The van der Waals surface area contributed by atoms with Crippen LogP contribution < -0.4 is 9.62 Å². The van der Waals surface area contributed by atoms with Gasteiger partial charge in [-0.15, -0.1) is 0 Å². The lowest BCUT2D eigenvalue weighted by Crippen LogP contribution is -2.53. The van der Waals surface area contributed by atoms with Crippen LogP contribution >= 0.6 is 34.8 Å². The van der Waals surface area contributed by atoms with Gasteiger partial charge in [0.05, 0.1) is 15.6 Å². The summed E-state index contributed by atoms with van der Waals surface area (Å²) >= 11 is 18.9. The summed E-state index contributed by atoms with van der Waals surface area (Å²) in [4.78, 5) is 29.6. The highest BCUT2D eigenvalue weighted by Gasteiger charge is 2.35. The number of halogens is 3. The van der Waals surface area contributed by atoms with Crippen molar-refractivity contribution in [2.24, 2.45) is 0 Å². The highest BCUT2D eigenvalue weighted by molar-refractivity contribution is 7.92. The number of carbonyl (C=O) groups excluding carboxylic acids is 2. The van der Waals surface area contributed by atoms with Gasteiger partial charge < -0.3 is 10.2 Å². The molecule has 4 aromatic rings. The minimum atomic E-state index is -4.31. The van der Waals surface area contributed by atoms with E-state index in [1.165, 1.54) is 35.2 Å². The summed E-state index contributed by atoms with van der Waals surface area (Å²) in [5.41, 5.74) is 2.46. The molecule has 0 aliphatic rings. The zero-order valence-electron chi connectivity index (χ0n) is 24.9. The van der Waals surface area contributed by atoms with Gasteiger partial charge in [-0.2, -0.15) is 0 Å². The standard InChI is InChI=1S/C34H34Cl3N3O4S/c1-3-19-38-34(42)32(20-25-7-5-4-6-8-25)39(22-26-11-13-27(35)14-12-26)33(41)23-40(31-21-28(36)15-18-30(31)37)45(43,44)29-16-9-24(2)10-17-29/h4-18,21,32H,3,19-20,22-23H2,1-2H3,(H,38,42)/t32-/m0/s1. The minimum Gasteiger partial charge on any atom is -0.354 e.